The fraction of sp³-hybridized carbons (Fsp3) is 0.176. The minimum atomic E-state index is -0.467. The van der Waals surface area contributed by atoms with E-state index in [1.807, 2.05) is 13.8 Å². The topological polar surface area (TPSA) is 67.4 Å². The average Bonchev–Trinajstić information content (AvgIpc) is 2.56. The van der Waals surface area contributed by atoms with Gasteiger partial charge < -0.3 is 4.74 Å². The summed E-state index contributed by atoms with van der Waals surface area (Å²) < 4.78 is 6.28. The van der Waals surface area contributed by atoms with Gasteiger partial charge in [-0.3, -0.25) is 20.4 Å². The van der Waals surface area contributed by atoms with Crippen LogP contribution in [0.5, 0.6) is 5.75 Å². The highest BCUT2D eigenvalue weighted by molar-refractivity contribution is 9.10. The molecule has 2 aromatic carbocycles. The molecular weight excluding hydrogens is 396 g/mol. The maximum Gasteiger partial charge on any atom is 0.276 e. The molecule has 5 nitrogen and oxygen atoms in total. The van der Waals surface area contributed by atoms with Gasteiger partial charge in [-0.2, -0.15) is 0 Å². The quantitative estimate of drug-likeness (QED) is 0.756. The lowest BCUT2D eigenvalue weighted by Gasteiger charge is -2.11. The Morgan fingerprint density at radius 2 is 1.67 bits per heavy atom. The molecule has 2 N–H and O–H groups in total. The standard InChI is InChI=1S/C17H16BrClN2O3/c1-10-7-14(8-11(2)16(10)19)24-9-15(22)20-21-17(23)12-3-5-13(18)6-4-12/h3-8H,9H2,1-2H3,(H,20,22)(H,21,23). The molecule has 0 saturated carbocycles. The normalized spacial score (nSPS) is 10.2. The second-order valence-electron chi connectivity index (χ2n) is 5.17. The predicted octanol–water partition coefficient (Wildman–Crippen LogP) is 3.56. The highest BCUT2D eigenvalue weighted by atomic mass is 79.9. The van der Waals surface area contributed by atoms with E-state index in [4.69, 9.17) is 16.3 Å². The van der Waals surface area contributed by atoms with Crippen LogP contribution in [0.3, 0.4) is 0 Å². The van der Waals surface area contributed by atoms with Crippen LogP contribution < -0.4 is 15.6 Å². The van der Waals surface area contributed by atoms with Gasteiger partial charge >= 0.3 is 0 Å². The van der Waals surface area contributed by atoms with Gasteiger partial charge in [0.1, 0.15) is 5.75 Å². The highest BCUT2D eigenvalue weighted by Gasteiger charge is 2.09. The third-order valence-electron chi connectivity index (χ3n) is 3.20. The molecule has 0 aliphatic rings. The summed E-state index contributed by atoms with van der Waals surface area (Å²) in [6.45, 7) is 3.50. The summed E-state index contributed by atoms with van der Waals surface area (Å²) in [5, 5.41) is 0.675. The number of aryl methyl sites for hydroxylation is 2. The number of nitrogens with one attached hydrogen (secondary N) is 2. The Labute approximate surface area is 153 Å². The van der Waals surface area contributed by atoms with Gasteiger partial charge in [0.05, 0.1) is 0 Å². The summed E-state index contributed by atoms with van der Waals surface area (Å²) in [5.74, 6) is -0.330. The Hall–Kier alpha value is -2.05. The van der Waals surface area contributed by atoms with Crippen LogP contribution in [0.1, 0.15) is 21.5 Å². The monoisotopic (exact) mass is 410 g/mol. The van der Waals surface area contributed by atoms with Gasteiger partial charge in [-0.05, 0) is 61.4 Å². The van der Waals surface area contributed by atoms with Crippen molar-refractivity contribution in [3.63, 3.8) is 0 Å². The van der Waals surface area contributed by atoms with Crippen LogP contribution in [0.25, 0.3) is 0 Å². The van der Waals surface area contributed by atoms with Gasteiger partial charge in [0, 0.05) is 15.1 Å². The lowest BCUT2D eigenvalue weighted by molar-refractivity contribution is -0.123. The minimum Gasteiger partial charge on any atom is -0.484 e. The van der Waals surface area contributed by atoms with Crippen molar-refractivity contribution in [3.8, 4) is 5.75 Å². The number of carbonyl (C=O) groups is 2. The van der Waals surface area contributed by atoms with Crippen molar-refractivity contribution in [2.24, 2.45) is 0 Å². The number of hydrogen-bond acceptors (Lipinski definition) is 3. The molecule has 0 heterocycles. The van der Waals surface area contributed by atoms with Crippen molar-refractivity contribution in [1.29, 1.82) is 0 Å². The molecule has 2 amide bonds. The second-order valence-corrected chi connectivity index (χ2v) is 6.46. The van der Waals surface area contributed by atoms with Crippen LogP contribution in [-0.4, -0.2) is 18.4 Å². The van der Waals surface area contributed by atoms with E-state index in [0.717, 1.165) is 15.6 Å². The number of benzene rings is 2. The van der Waals surface area contributed by atoms with Gasteiger partial charge in [0.25, 0.3) is 11.8 Å². The Morgan fingerprint density at radius 3 is 2.25 bits per heavy atom. The molecule has 0 aromatic heterocycles. The van der Waals surface area contributed by atoms with E-state index >= 15 is 0 Å². The van der Waals surface area contributed by atoms with E-state index in [1.54, 1.807) is 36.4 Å². The van der Waals surface area contributed by atoms with Crippen LogP contribution in [-0.2, 0) is 4.79 Å². The SMILES string of the molecule is Cc1cc(OCC(=O)NNC(=O)c2ccc(Br)cc2)cc(C)c1Cl. The number of hydrazine groups is 1. The van der Waals surface area contributed by atoms with E-state index in [1.165, 1.54) is 0 Å². The highest BCUT2D eigenvalue weighted by Crippen LogP contribution is 2.25. The number of halogens is 2. The first kappa shape index (κ1) is 18.3. The van der Waals surface area contributed by atoms with Crippen molar-refractivity contribution in [3.05, 3.63) is 62.6 Å². The molecule has 0 bridgehead atoms. The first-order chi connectivity index (χ1) is 11.4. The summed E-state index contributed by atoms with van der Waals surface area (Å²) in [5.41, 5.74) is 6.81. The summed E-state index contributed by atoms with van der Waals surface area (Å²) in [6.07, 6.45) is 0. The van der Waals surface area contributed by atoms with Gasteiger partial charge in [0.15, 0.2) is 6.61 Å². The van der Waals surface area contributed by atoms with Crippen LogP contribution in [0, 0.1) is 13.8 Å². The zero-order valence-corrected chi connectivity index (χ0v) is 15.5. The van der Waals surface area contributed by atoms with Crippen molar-refractivity contribution >= 4 is 39.3 Å². The van der Waals surface area contributed by atoms with Crippen molar-refractivity contribution < 1.29 is 14.3 Å². The molecule has 0 aliphatic carbocycles. The van der Waals surface area contributed by atoms with E-state index in [9.17, 15) is 9.59 Å². The van der Waals surface area contributed by atoms with E-state index < -0.39 is 11.8 Å². The average molecular weight is 412 g/mol. The fourth-order valence-electron chi connectivity index (χ4n) is 1.97. The zero-order valence-electron chi connectivity index (χ0n) is 13.2. The predicted molar refractivity (Wildman–Crippen MR) is 96.2 cm³/mol. The molecule has 0 saturated heterocycles. The van der Waals surface area contributed by atoms with Crippen molar-refractivity contribution in [1.82, 2.24) is 10.9 Å². The molecule has 2 aromatic rings. The molecule has 0 atom stereocenters. The van der Waals surface area contributed by atoms with Gasteiger partial charge in [-0.25, -0.2) is 0 Å². The molecule has 126 valence electrons. The molecule has 0 spiro atoms. The van der Waals surface area contributed by atoms with Crippen molar-refractivity contribution in [2.75, 3.05) is 6.61 Å². The summed E-state index contributed by atoms with van der Waals surface area (Å²) >= 11 is 9.37. The smallest absolute Gasteiger partial charge is 0.276 e. The summed E-state index contributed by atoms with van der Waals surface area (Å²) in [4.78, 5) is 23.6. The Morgan fingerprint density at radius 1 is 1.08 bits per heavy atom. The fourth-order valence-corrected chi connectivity index (χ4v) is 2.35. The van der Waals surface area contributed by atoms with Crippen LogP contribution in [0.15, 0.2) is 40.9 Å². The third-order valence-corrected chi connectivity index (χ3v) is 4.33. The Balaban J connectivity index is 1.83. The maximum atomic E-state index is 11.9. The maximum absolute atomic E-state index is 11.9. The molecule has 7 heteroatoms. The number of carbonyl (C=O) groups excluding carboxylic acids is 2. The van der Waals surface area contributed by atoms with E-state index in [0.29, 0.717) is 16.3 Å². The van der Waals surface area contributed by atoms with Crippen LogP contribution in [0.4, 0.5) is 0 Å². The van der Waals surface area contributed by atoms with Crippen molar-refractivity contribution in [2.45, 2.75) is 13.8 Å². The van der Waals surface area contributed by atoms with Gasteiger partial charge in [0.2, 0.25) is 0 Å². The number of hydrogen-bond donors (Lipinski definition) is 2. The first-order valence-corrected chi connectivity index (χ1v) is 8.28. The van der Waals surface area contributed by atoms with E-state index in [2.05, 4.69) is 26.8 Å². The molecule has 0 fully saturated rings. The number of amides is 2. The zero-order chi connectivity index (χ0) is 17.7. The molecule has 0 aliphatic heterocycles. The summed E-state index contributed by atoms with van der Waals surface area (Å²) in [7, 11) is 0. The van der Waals surface area contributed by atoms with Crippen LogP contribution >= 0.6 is 27.5 Å². The molecule has 0 radical (unpaired) electrons. The number of rotatable bonds is 4. The minimum absolute atomic E-state index is 0.221. The second kappa shape index (κ2) is 8.17. The third kappa shape index (κ3) is 4.97. The van der Waals surface area contributed by atoms with Gasteiger partial charge in [-0.1, -0.05) is 27.5 Å². The lowest BCUT2D eigenvalue weighted by atomic mass is 10.1. The lowest BCUT2D eigenvalue weighted by Crippen LogP contribution is -2.43. The largest absolute Gasteiger partial charge is 0.484 e. The molecule has 2 rings (SSSR count). The summed E-state index contributed by atoms with van der Waals surface area (Å²) in [6, 6.07) is 10.3. The molecule has 24 heavy (non-hydrogen) atoms. The molecule has 0 unspecified atom stereocenters. The van der Waals surface area contributed by atoms with Crippen LogP contribution in [0.2, 0.25) is 5.02 Å². The van der Waals surface area contributed by atoms with Gasteiger partial charge in [-0.15, -0.1) is 0 Å². The first-order valence-electron chi connectivity index (χ1n) is 7.11. The molecular formula is C17H16BrClN2O3. The van der Waals surface area contributed by atoms with E-state index in [-0.39, 0.29) is 6.61 Å². The number of ether oxygens (including phenoxy) is 1. The Kier molecular flexibility index (Phi) is 6.23. The Bertz CT molecular complexity index is 740.